The molecule has 1 atom stereocenters. The van der Waals surface area contributed by atoms with Crippen molar-refractivity contribution in [2.24, 2.45) is 5.92 Å². The molecule has 2 nitrogen and oxygen atoms in total. The molecule has 0 heterocycles. The van der Waals surface area contributed by atoms with Gasteiger partial charge in [-0.05, 0) is 72.4 Å². The molecule has 1 aromatic carbocycles. The van der Waals surface area contributed by atoms with Crippen LogP contribution >= 0.6 is 0 Å². The molecule has 0 bridgehead atoms. The second-order valence-corrected chi connectivity index (χ2v) is 11.6. The Morgan fingerprint density at radius 1 is 1.03 bits per heavy atom. The van der Waals surface area contributed by atoms with Crippen molar-refractivity contribution in [1.82, 2.24) is 0 Å². The largest absolute Gasteiger partial charge is 1.00 e. The van der Waals surface area contributed by atoms with E-state index in [1.807, 2.05) is 6.07 Å². The van der Waals surface area contributed by atoms with Gasteiger partial charge >= 0.3 is 8.84 Å². The monoisotopic (exact) mass is 504 g/mol. The van der Waals surface area contributed by atoms with Crippen molar-refractivity contribution in [2.45, 2.75) is 26.3 Å². The van der Waals surface area contributed by atoms with Crippen molar-refractivity contribution in [1.29, 1.82) is 0 Å². The number of allylic oxidation sites excluding steroid dienone is 10. The minimum atomic E-state index is -2.04. The van der Waals surface area contributed by atoms with E-state index in [1.165, 1.54) is 27.8 Å². The third-order valence-corrected chi connectivity index (χ3v) is 9.05. The van der Waals surface area contributed by atoms with Crippen molar-refractivity contribution < 1.29 is 55.1 Å². The molecule has 1 aromatic rings. The fourth-order valence-corrected chi connectivity index (χ4v) is 5.72. The van der Waals surface area contributed by atoms with Crippen LogP contribution in [0.4, 0.5) is 0 Å². The summed E-state index contributed by atoms with van der Waals surface area (Å²) < 4.78 is 14.0. The summed E-state index contributed by atoms with van der Waals surface area (Å²) in [5.74, 6) is 0.234. The maximum Gasteiger partial charge on any atom is 0.591 e. The van der Waals surface area contributed by atoms with E-state index in [0.29, 0.717) is 4.15 Å². The van der Waals surface area contributed by atoms with Gasteiger partial charge in [0, 0.05) is 27.6 Å². The van der Waals surface area contributed by atoms with E-state index in [2.05, 4.69) is 96.1 Å². The second kappa shape index (κ2) is 9.82. The number of fused-ring (bicyclic) bond motifs is 5. The summed E-state index contributed by atoms with van der Waals surface area (Å²) in [6, 6.07) is 6.32. The number of hydrogen-bond acceptors (Lipinski definition) is 1. The number of nitrogens with zero attached hydrogens (tertiary/aromatic N) is 1. The van der Waals surface area contributed by atoms with E-state index in [-0.39, 0.29) is 58.0 Å². The van der Waals surface area contributed by atoms with E-state index in [4.69, 9.17) is 0 Å². The fraction of sp³-hybridized carbons (Fsp3) is 0.280. The Bertz CT molecular complexity index is 1070. The SMILES string of the molecule is C=C1C=CC=C2C=C3C(=CC=Cc4ccc([Si](=O)[N+](C)(C)C(C)(C)C)cc43)C12.[Cl-].[Cl-].[Ti]. The molecule has 0 N–H and O–H groups in total. The van der Waals surface area contributed by atoms with Gasteiger partial charge in [-0.25, -0.2) is 0 Å². The van der Waals surface area contributed by atoms with Crippen LogP contribution in [0.15, 0.2) is 78.0 Å². The van der Waals surface area contributed by atoms with Crippen molar-refractivity contribution in [3.63, 3.8) is 0 Å². The molecule has 0 aliphatic heterocycles. The van der Waals surface area contributed by atoms with Crippen LogP contribution in [-0.2, 0) is 26.2 Å². The topological polar surface area (TPSA) is 17.1 Å². The summed E-state index contributed by atoms with van der Waals surface area (Å²) in [4.78, 5) is 0. The van der Waals surface area contributed by atoms with E-state index < -0.39 is 8.84 Å². The van der Waals surface area contributed by atoms with Crippen molar-refractivity contribution in [2.75, 3.05) is 14.1 Å². The maximum absolute atomic E-state index is 13.5. The first-order valence-corrected chi connectivity index (χ1v) is 11.2. The van der Waals surface area contributed by atoms with Crippen LogP contribution in [0.25, 0.3) is 11.6 Å². The minimum absolute atomic E-state index is 0. The number of quaternary nitrogens is 1. The molecule has 0 spiro atoms. The van der Waals surface area contributed by atoms with Gasteiger partial charge in [0.05, 0.1) is 24.8 Å². The summed E-state index contributed by atoms with van der Waals surface area (Å²) in [6.45, 7) is 10.7. The quantitative estimate of drug-likeness (QED) is 0.458. The van der Waals surface area contributed by atoms with Gasteiger partial charge in [-0.3, -0.25) is 0 Å². The van der Waals surface area contributed by atoms with E-state index in [1.54, 1.807) is 0 Å². The Kier molecular flexibility index (Phi) is 8.86. The number of benzene rings is 1. The molecule has 0 aromatic heterocycles. The zero-order valence-electron chi connectivity index (χ0n) is 18.7. The molecule has 0 amide bonds. The Morgan fingerprint density at radius 2 is 1.68 bits per heavy atom. The smallest absolute Gasteiger partial charge is 0.591 e. The molecule has 0 saturated carbocycles. The predicted molar refractivity (Wildman–Crippen MR) is 119 cm³/mol. The average molecular weight is 505 g/mol. The van der Waals surface area contributed by atoms with E-state index in [0.717, 1.165) is 10.8 Å². The van der Waals surface area contributed by atoms with Gasteiger partial charge in [0.25, 0.3) is 0 Å². The van der Waals surface area contributed by atoms with Crippen molar-refractivity contribution in [3.8, 4) is 0 Å². The predicted octanol–water partition coefficient (Wildman–Crippen LogP) is -1.29. The molecule has 162 valence electrons. The average Bonchev–Trinajstić information content (AvgIpc) is 2.91. The molecule has 0 radical (unpaired) electrons. The molecule has 6 heteroatoms. The molecular formula is C25H28Cl2NOSiTi-. The van der Waals surface area contributed by atoms with Crippen LogP contribution in [0, 0.1) is 5.92 Å². The fourth-order valence-electron chi connectivity index (χ4n) is 3.98. The van der Waals surface area contributed by atoms with Crippen LogP contribution in [0.1, 0.15) is 31.9 Å². The number of hydrogen-bond donors (Lipinski definition) is 0. The first kappa shape index (κ1) is 28.0. The van der Waals surface area contributed by atoms with Gasteiger partial charge in [0.2, 0.25) is 0 Å². The van der Waals surface area contributed by atoms with Crippen molar-refractivity contribution in [3.05, 3.63) is 89.1 Å². The summed E-state index contributed by atoms with van der Waals surface area (Å²) >= 11 is 0. The van der Waals surface area contributed by atoms with Gasteiger partial charge in [0.15, 0.2) is 0 Å². The van der Waals surface area contributed by atoms with Crippen LogP contribution in [0.3, 0.4) is 0 Å². The summed E-state index contributed by atoms with van der Waals surface area (Å²) in [7, 11) is 2.11. The Hall–Kier alpha value is -1.07. The maximum atomic E-state index is 13.5. The summed E-state index contributed by atoms with van der Waals surface area (Å²) in [5, 5.41) is 0.944. The van der Waals surface area contributed by atoms with Crippen LogP contribution in [-0.4, -0.2) is 32.6 Å². The molecule has 31 heavy (non-hydrogen) atoms. The number of halogens is 2. The molecule has 1 unspecified atom stereocenters. The third-order valence-electron chi connectivity index (χ3n) is 6.56. The van der Waals surface area contributed by atoms with Gasteiger partial charge in [-0.1, -0.05) is 49.1 Å². The molecule has 0 saturated heterocycles. The Balaban J connectivity index is 0.00000160. The molecule has 0 fully saturated rings. The molecular weight excluding hydrogens is 477 g/mol. The third kappa shape index (κ3) is 4.68. The minimum Gasteiger partial charge on any atom is -1.00 e. The van der Waals surface area contributed by atoms with Gasteiger partial charge in [-0.15, -0.1) is 0 Å². The molecule has 4 rings (SSSR count). The molecule has 3 aliphatic rings. The van der Waals surface area contributed by atoms with Gasteiger partial charge < -0.3 is 33.4 Å². The van der Waals surface area contributed by atoms with Crippen LogP contribution in [0.2, 0.25) is 0 Å². The Labute approximate surface area is 215 Å². The molecule has 3 aliphatic carbocycles. The van der Waals surface area contributed by atoms with Crippen molar-refractivity contribution >= 4 is 25.7 Å². The summed E-state index contributed by atoms with van der Waals surface area (Å²) in [6.07, 6.45) is 15.1. The van der Waals surface area contributed by atoms with Gasteiger partial charge in [-0.2, -0.15) is 0 Å². The Morgan fingerprint density at radius 3 is 2.32 bits per heavy atom. The first-order chi connectivity index (χ1) is 13.1. The zero-order valence-corrected chi connectivity index (χ0v) is 22.7. The zero-order chi connectivity index (χ0) is 20.3. The summed E-state index contributed by atoms with van der Waals surface area (Å²) in [5.41, 5.74) is 7.20. The first-order valence-electron chi connectivity index (χ1n) is 9.82. The standard InChI is InChI=1S/C25H28NOSi.2ClH.Ti/c1-17-9-7-11-19-15-23-21(24(17)19)12-8-10-18-13-14-20(16-22(18)23)28(27)26(5,6)25(2,3)4;;;/h7-16,24H,1H2,2-6H3;2*1H;/q+1;;;/p-2. The normalized spacial score (nSPS) is 18.5. The second-order valence-electron chi connectivity index (χ2n) is 9.30. The van der Waals surface area contributed by atoms with E-state index >= 15 is 0 Å². The van der Waals surface area contributed by atoms with E-state index in [9.17, 15) is 4.46 Å². The van der Waals surface area contributed by atoms with Gasteiger partial charge in [0.1, 0.15) is 0 Å². The van der Waals surface area contributed by atoms with Crippen LogP contribution < -0.4 is 30.0 Å². The van der Waals surface area contributed by atoms with Crippen LogP contribution in [0.5, 0.6) is 0 Å². The number of rotatable bonds is 2.